The van der Waals surface area contributed by atoms with E-state index in [0.717, 1.165) is 13.0 Å². The first-order valence-electron chi connectivity index (χ1n) is 5.87. The van der Waals surface area contributed by atoms with Crippen molar-refractivity contribution in [3.8, 4) is 0 Å². The predicted molar refractivity (Wildman–Crippen MR) is 72.4 cm³/mol. The molecule has 0 spiro atoms. The topological polar surface area (TPSA) is 64.1 Å². The second kappa shape index (κ2) is 5.42. The Bertz CT molecular complexity index is 539. The molecular formula is C13H16ClN3O. The van der Waals surface area contributed by atoms with Crippen molar-refractivity contribution in [2.45, 2.75) is 26.0 Å². The number of aromatic nitrogens is 2. The Hall–Kier alpha value is -1.52. The third-order valence-electron chi connectivity index (χ3n) is 2.80. The number of nitrogens with two attached hydrogens (primary N) is 1. The van der Waals surface area contributed by atoms with Crippen LogP contribution >= 0.6 is 11.6 Å². The molecule has 2 rings (SSSR count). The monoisotopic (exact) mass is 265 g/mol. The molecule has 1 atom stereocenters. The van der Waals surface area contributed by atoms with Gasteiger partial charge in [0.05, 0.1) is 0 Å². The molecule has 0 aliphatic heterocycles. The van der Waals surface area contributed by atoms with Crippen LogP contribution in [0, 0.1) is 0 Å². The molecule has 4 nitrogen and oxygen atoms in total. The van der Waals surface area contributed by atoms with Crippen LogP contribution in [0.1, 0.15) is 30.8 Å². The number of halogens is 1. The molecule has 2 aromatic rings. The first-order chi connectivity index (χ1) is 8.63. The van der Waals surface area contributed by atoms with Crippen molar-refractivity contribution >= 4 is 17.3 Å². The second-order valence-electron chi connectivity index (χ2n) is 4.15. The average molecular weight is 266 g/mol. The van der Waals surface area contributed by atoms with Crippen LogP contribution in [0.5, 0.6) is 0 Å². The molecule has 96 valence electrons. The van der Waals surface area contributed by atoms with Crippen LogP contribution in [0.4, 0.5) is 5.69 Å². The number of aryl methyl sites for hydroxylation is 1. The summed E-state index contributed by atoms with van der Waals surface area (Å²) in [5.74, 6) is 0.603. The summed E-state index contributed by atoms with van der Waals surface area (Å²) in [6.45, 7) is 2.90. The summed E-state index contributed by atoms with van der Waals surface area (Å²) in [7, 11) is 0. The van der Waals surface area contributed by atoms with E-state index in [1.807, 2.05) is 10.8 Å². The van der Waals surface area contributed by atoms with Gasteiger partial charge in [0.1, 0.15) is 11.9 Å². The number of nitrogen functional groups attached to an aromatic ring is 1. The SMILES string of the molecule is CCCn1ccnc1C(O)c1ccc(Cl)cc1N. The molecule has 3 N–H and O–H groups in total. The lowest BCUT2D eigenvalue weighted by Crippen LogP contribution is -2.11. The minimum absolute atomic E-state index is 0.473. The Morgan fingerprint density at radius 1 is 1.50 bits per heavy atom. The van der Waals surface area contributed by atoms with Crippen molar-refractivity contribution in [2.75, 3.05) is 5.73 Å². The van der Waals surface area contributed by atoms with Gasteiger partial charge >= 0.3 is 0 Å². The molecule has 0 saturated carbocycles. The second-order valence-corrected chi connectivity index (χ2v) is 4.59. The first-order valence-corrected chi connectivity index (χ1v) is 6.25. The van der Waals surface area contributed by atoms with Crippen LogP contribution in [0.15, 0.2) is 30.6 Å². The molecule has 0 fully saturated rings. The van der Waals surface area contributed by atoms with Gasteiger partial charge in [0.15, 0.2) is 0 Å². The van der Waals surface area contributed by atoms with Gasteiger partial charge in [0.25, 0.3) is 0 Å². The summed E-state index contributed by atoms with van der Waals surface area (Å²) in [4.78, 5) is 4.20. The zero-order valence-corrected chi connectivity index (χ0v) is 10.9. The Morgan fingerprint density at radius 3 is 2.94 bits per heavy atom. The molecule has 0 aliphatic carbocycles. The van der Waals surface area contributed by atoms with Gasteiger partial charge in [0, 0.05) is 35.2 Å². The zero-order chi connectivity index (χ0) is 13.1. The van der Waals surface area contributed by atoms with Crippen LogP contribution in [0.2, 0.25) is 5.02 Å². The summed E-state index contributed by atoms with van der Waals surface area (Å²) in [6.07, 6.45) is 3.68. The molecule has 0 radical (unpaired) electrons. The van der Waals surface area contributed by atoms with E-state index in [4.69, 9.17) is 17.3 Å². The van der Waals surface area contributed by atoms with Crippen LogP contribution in [0.3, 0.4) is 0 Å². The van der Waals surface area contributed by atoms with Gasteiger partial charge in [0.2, 0.25) is 0 Å². The maximum absolute atomic E-state index is 10.4. The quantitative estimate of drug-likeness (QED) is 0.836. The number of aliphatic hydroxyl groups excluding tert-OH is 1. The van der Waals surface area contributed by atoms with Gasteiger partial charge in [-0.15, -0.1) is 0 Å². The summed E-state index contributed by atoms with van der Waals surface area (Å²) in [6, 6.07) is 5.07. The minimum atomic E-state index is -0.830. The van der Waals surface area contributed by atoms with Crippen LogP contribution in [-0.4, -0.2) is 14.7 Å². The van der Waals surface area contributed by atoms with Gasteiger partial charge in [-0.2, -0.15) is 0 Å². The van der Waals surface area contributed by atoms with Crippen molar-refractivity contribution in [2.24, 2.45) is 0 Å². The smallest absolute Gasteiger partial charge is 0.142 e. The van der Waals surface area contributed by atoms with Crippen LogP contribution < -0.4 is 5.73 Å². The Labute approximate surface area is 111 Å². The largest absolute Gasteiger partial charge is 0.398 e. The molecule has 0 saturated heterocycles. The molecule has 5 heteroatoms. The summed E-state index contributed by atoms with van der Waals surface area (Å²) in [5.41, 5.74) is 6.97. The fraction of sp³-hybridized carbons (Fsp3) is 0.308. The van der Waals surface area contributed by atoms with Crippen LogP contribution in [0.25, 0.3) is 0 Å². The van der Waals surface area contributed by atoms with E-state index in [2.05, 4.69) is 11.9 Å². The van der Waals surface area contributed by atoms with Crippen molar-refractivity contribution in [3.05, 3.63) is 47.0 Å². The Kier molecular flexibility index (Phi) is 3.89. The Balaban J connectivity index is 2.35. The number of benzene rings is 1. The maximum Gasteiger partial charge on any atom is 0.142 e. The number of aliphatic hydroxyl groups is 1. The fourth-order valence-corrected chi connectivity index (χ4v) is 2.11. The third kappa shape index (κ3) is 2.49. The normalized spacial score (nSPS) is 12.6. The van der Waals surface area contributed by atoms with Crippen molar-refractivity contribution < 1.29 is 5.11 Å². The van der Waals surface area contributed by atoms with Crippen molar-refractivity contribution in [1.82, 2.24) is 9.55 Å². The third-order valence-corrected chi connectivity index (χ3v) is 3.04. The minimum Gasteiger partial charge on any atom is -0.398 e. The highest BCUT2D eigenvalue weighted by molar-refractivity contribution is 6.30. The summed E-state index contributed by atoms with van der Waals surface area (Å²) >= 11 is 5.85. The van der Waals surface area contributed by atoms with Gasteiger partial charge in [-0.3, -0.25) is 0 Å². The number of rotatable bonds is 4. The number of anilines is 1. The van der Waals surface area contributed by atoms with Gasteiger partial charge < -0.3 is 15.4 Å². The summed E-state index contributed by atoms with van der Waals surface area (Å²) in [5, 5.41) is 10.9. The molecular weight excluding hydrogens is 250 g/mol. The van der Waals surface area contributed by atoms with E-state index in [-0.39, 0.29) is 0 Å². The first kappa shape index (κ1) is 12.9. The standard InChI is InChI=1S/C13H16ClN3O/c1-2-6-17-7-5-16-13(17)12(18)10-4-3-9(14)8-11(10)15/h3-5,7-8,12,18H,2,6,15H2,1H3. The molecule has 1 aromatic carbocycles. The van der Waals surface area contributed by atoms with Crippen LogP contribution in [-0.2, 0) is 6.54 Å². The molecule has 0 bridgehead atoms. The number of imidazole rings is 1. The predicted octanol–water partition coefficient (Wildman–Crippen LogP) is 2.61. The number of nitrogens with zero attached hydrogens (tertiary/aromatic N) is 2. The number of hydrogen-bond acceptors (Lipinski definition) is 3. The van der Waals surface area contributed by atoms with Gasteiger partial charge in [-0.25, -0.2) is 4.98 Å². The highest BCUT2D eigenvalue weighted by Gasteiger charge is 2.18. The highest BCUT2D eigenvalue weighted by atomic mass is 35.5. The molecule has 18 heavy (non-hydrogen) atoms. The van der Waals surface area contributed by atoms with E-state index < -0.39 is 6.10 Å². The van der Waals surface area contributed by atoms with Crippen molar-refractivity contribution in [3.63, 3.8) is 0 Å². The van der Waals surface area contributed by atoms with E-state index in [0.29, 0.717) is 22.1 Å². The van der Waals surface area contributed by atoms with Gasteiger partial charge in [-0.1, -0.05) is 24.6 Å². The fourth-order valence-electron chi connectivity index (χ4n) is 1.93. The highest BCUT2D eigenvalue weighted by Crippen LogP contribution is 2.28. The van der Waals surface area contributed by atoms with Crippen molar-refractivity contribution in [1.29, 1.82) is 0 Å². The lowest BCUT2D eigenvalue weighted by atomic mass is 10.1. The molecule has 1 aromatic heterocycles. The summed E-state index contributed by atoms with van der Waals surface area (Å²) < 4.78 is 1.93. The molecule has 0 amide bonds. The maximum atomic E-state index is 10.4. The van der Waals surface area contributed by atoms with E-state index in [1.54, 1.807) is 24.4 Å². The van der Waals surface area contributed by atoms with E-state index >= 15 is 0 Å². The Morgan fingerprint density at radius 2 is 2.28 bits per heavy atom. The number of hydrogen-bond donors (Lipinski definition) is 2. The lowest BCUT2D eigenvalue weighted by molar-refractivity contribution is 0.205. The lowest BCUT2D eigenvalue weighted by Gasteiger charge is -2.15. The molecule has 1 unspecified atom stereocenters. The average Bonchev–Trinajstić information content (AvgIpc) is 2.77. The molecule has 1 heterocycles. The zero-order valence-electron chi connectivity index (χ0n) is 10.2. The van der Waals surface area contributed by atoms with Gasteiger partial charge in [-0.05, 0) is 18.6 Å². The van der Waals surface area contributed by atoms with E-state index in [1.165, 1.54) is 0 Å². The molecule has 0 aliphatic rings. The van der Waals surface area contributed by atoms with E-state index in [9.17, 15) is 5.11 Å².